The quantitative estimate of drug-likeness (QED) is 0.923. The third-order valence-electron chi connectivity index (χ3n) is 3.77. The summed E-state index contributed by atoms with van der Waals surface area (Å²) < 4.78 is 5.29. The van der Waals surface area contributed by atoms with Crippen LogP contribution >= 0.6 is 0 Å². The first kappa shape index (κ1) is 13.8. The van der Waals surface area contributed by atoms with Crippen molar-refractivity contribution >= 4 is 5.91 Å². The predicted octanol–water partition coefficient (Wildman–Crippen LogP) is 1.56. The van der Waals surface area contributed by atoms with Gasteiger partial charge in [0.15, 0.2) is 11.5 Å². The summed E-state index contributed by atoms with van der Waals surface area (Å²) in [6.07, 6.45) is 5.43. The Morgan fingerprint density at radius 2 is 2.29 bits per heavy atom. The molecular weight excluding hydrogens is 268 g/mol. The van der Waals surface area contributed by atoms with E-state index in [4.69, 9.17) is 4.52 Å². The predicted molar refractivity (Wildman–Crippen MR) is 77.7 cm³/mol. The van der Waals surface area contributed by atoms with Gasteiger partial charge >= 0.3 is 0 Å². The fourth-order valence-corrected chi connectivity index (χ4v) is 2.73. The van der Waals surface area contributed by atoms with Gasteiger partial charge in [-0.25, -0.2) is 0 Å². The molecule has 0 saturated carbocycles. The Balaban J connectivity index is 1.78. The molecule has 1 saturated heterocycles. The number of amides is 1. The molecule has 1 atom stereocenters. The van der Waals surface area contributed by atoms with Crippen LogP contribution in [0.5, 0.6) is 0 Å². The first-order valence-electron chi connectivity index (χ1n) is 7.12. The fourth-order valence-electron chi connectivity index (χ4n) is 2.73. The van der Waals surface area contributed by atoms with Crippen molar-refractivity contribution in [3.8, 4) is 11.3 Å². The van der Waals surface area contributed by atoms with Gasteiger partial charge in [-0.1, -0.05) is 5.16 Å². The summed E-state index contributed by atoms with van der Waals surface area (Å²) in [4.78, 5) is 18.4. The Labute approximate surface area is 123 Å². The second-order valence-corrected chi connectivity index (χ2v) is 5.16. The highest BCUT2D eigenvalue weighted by atomic mass is 16.5. The van der Waals surface area contributed by atoms with Gasteiger partial charge in [0, 0.05) is 43.2 Å². The highest BCUT2D eigenvalue weighted by Crippen LogP contribution is 2.23. The molecule has 110 valence electrons. The van der Waals surface area contributed by atoms with Gasteiger partial charge in [0.25, 0.3) is 5.91 Å². The van der Waals surface area contributed by atoms with E-state index in [1.165, 1.54) is 0 Å². The highest BCUT2D eigenvalue weighted by molar-refractivity contribution is 5.93. The van der Waals surface area contributed by atoms with Crippen LogP contribution in [-0.4, -0.2) is 47.1 Å². The Hall–Kier alpha value is -2.21. The molecule has 21 heavy (non-hydrogen) atoms. The van der Waals surface area contributed by atoms with Crippen molar-refractivity contribution in [1.29, 1.82) is 0 Å². The molecule has 1 N–H and O–H groups in total. The number of nitrogens with zero attached hydrogens (tertiary/aromatic N) is 3. The normalized spacial score (nSPS) is 18.1. The van der Waals surface area contributed by atoms with Gasteiger partial charge in [-0.3, -0.25) is 9.78 Å². The van der Waals surface area contributed by atoms with E-state index < -0.39 is 0 Å². The second kappa shape index (κ2) is 6.05. The fraction of sp³-hybridized carbons (Fsp3) is 0.400. The van der Waals surface area contributed by atoms with Gasteiger partial charge in [0.1, 0.15) is 0 Å². The van der Waals surface area contributed by atoms with Crippen molar-refractivity contribution in [3.63, 3.8) is 0 Å². The zero-order chi connectivity index (χ0) is 14.7. The second-order valence-electron chi connectivity index (χ2n) is 5.16. The Kier molecular flexibility index (Phi) is 3.96. The van der Waals surface area contributed by atoms with Gasteiger partial charge in [-0.15, -0.1) is 0 Å². The molecule has 0 spiro atoms. The summed E-state index contributed by atoms with van der Waals surface area (Å²) in [5.74, 6) is 0.530. The summed E-state index contributed by atoms with van der Waals surface area (Å²) in [7, 11) is 1.90. The lowest BCUT2D eigenvalue weighted by atomic mass is 10.2. The number of carbonyl (C=O) groups excluding carboxylic acids is 1. The number of nitrogens with one attached hydrogen (secondary N) is 1. The van der Waals surface area contributed by atoms with Gasteiger partial charge in [0.05, 0.1) is 0 Å². The molecule has 2 aromatic heterocycles. The minimum absolute atomic E-state index is 0.0585. The average Bonchev–Trinajstić information content (AvgIpc) is 3.17. The summed E-state index contributed by atoms with van der Waals surface area (Å²) in [5.41, 5.74) is 1.23. The minimum atomic E-state index is -0.0585. The third-order valence-corrected chi connectivity index (χ3v) is 3.77. The molecule has 0 radical (unpaired) electrons. The number of likely N-dealkylation sites (N-methyl/N-ethyl adjacent to an activating group) is 1. The SMILES string of the molecule is CNCC1CCCN1C(=O)c1cc(-c2ccncc2)on1. The summed E-state index contributed by atoms with van der Waals surface area (Å²) in [6, 6.07) is 5.60. The summed E-state index contributed by atoms with van der Waals surface area (Å²) >= 11 is 0. The van der Waals surface area contributed by atoms with Gasteiger partial charge in [0.2, 0.25) is 0 Å². The van der Waals surface area contributed by atoms with E-state index in [9.17, 15) is 4.79 Å². The number of hydrogen-bond acceptors (Lipinski definition) is 5. The summed E-state index contributed by atoms with van der Waals surface area (Å²) in [6.45, 7) is 1.59. The molecule has 3 heterocycles. The molecule has 1 unspecified atom stereocenters. The van der Waals surface area contributed by atoms with Crippen LogP contribution in [0.2, 0.25) is 0 Å². The molecular formula is C15H18N4O2. The number of rotatable bonds is 4. The molecule has 2 aromatic rings. The van der Waals surface area contributed by atoms with Crippen molar-refractivity contribution in [1.82, 2.24) is 20.4 Å². The van der Waals surface area contributed by atoms with Crippen LogP contribution in [-0.2, 0) is 0 Å². The molecule has 1 aliphatic rings. The highest BCUT2D eigenvalue weighted by Gasteiger charge is 2.30. The maximum Gasteiger partial charge on any atom is 0.276 e. The smallest absolute Gasteiger partial charge is 0.276 e. The van der Waals surface area contributed by atoms with Crippen molar-refractivity contribution in [3.05, 3.63) is 36.3 Å². The van der Waals surface area contributed by atoms with Crippen LogP contribution in [0.25, 0.3) is 11.3 Å². The first-order valence-corrected chi connectivity index (χ1v) is 7.12. The van der Waals surface area contributed by atoms with Crippen LogP contribution < -0.4 is 5.32 Å². The minimum Gasteiger partial charge on any atom is -0.355 e. The zero-order valence-corrected chi connectivity index (χ0v) is 12.0. The van der Waals surface area contributed by atoms with Crippen LogP contribution in [0, 0.1) is 0 Å². The molecule has 6 nitrogen and oxygen atoms in total. The van der Waals surface area contributed by atoms with E-state index in [0.717, 1.165) is 31.5 Å². The average molecular weight is 286 g/mol. The van der Waals surface area contributed by atoms with E-state index in [2.05, 4.69) is 15.5 Å². The largest absolute Gasteiger partial charge is 0.355 e. The van der Waals surface area contributed by atoms with Crippen LogP contribution in [0.3, 0.4) is 0 Å². The number of hydrogen-bond donors (Lipinski definition) is 1. The molecule has 3 rings (SSSR count). The third kappa shape index (κ3) is 2.80. The van der Waals surface area contributed by atoms with Crippen molar-refractivity contribution in [2.45, 2.75) is 18.9 Å². The van der Waals surface area contributed by atoms with E-state index in [-0.39, 0.29) is 11.9 Å². The standard InChI is InChI=1S/C15H18N4O2/c1-16-10-12-3-2-8-19(12)15(20)13-9-14(21-18-13)11-4-6-17-7-5-11/h4-7,9,12,16H,2-3,8,10H2,1H3. The zero-order valence-electron chi connectivity index (χ0n) is 12.0. The molecule has 1 amide bonds. The van der Waals surface area contributed by atoms with Crippen LogP contribution in [0.4, 0.5) is 0 Å². The maximum atomic E-state index is 12.5. The van der Waals surface area contributed by atoms with Crippen molar-refractivity contribution < 1.29 is 9.32 Å². The van der Waals surface area contributed by atoms with Crippen molar-refractivity contribution in [2.24, 2.45) is 0 Å². The first-order chi connectivity index (χ1) is 10.3. The number of likely N-dealkylation sites (tertiary alicyclic amines) is 1. The number of carbonyl (C=O) groups is 1. The molecule has 1 aliphatic heterocycles. The van der Waals surface area contributed by atoms with E-state index in [0.29, 0.717) is 11.5 Å². The number of pyridine rings is 1. The van der Waals surface area contributed by atoms with Gasteiger partial charge < -0.3 is 14.7 Å². The van der Waals surface area contributed by atoms with Crippen molar-refractivity contribution in [2.75, 3.05) is 20.1 Å². The van der Waals surface area contributed by atoms with Gasteiger partial charge in [-0.05, 0) is 32.0 Å². The molecule has 0 aliphatic carbocycles. The molecule has 0 bridgehead atoms. The lowest BCUT2D eigenvalue weighted by Gasteiger charge is -2.23. The number of aromatic nitrogens is 2. The Morgan fingerprint density at radius 3 is 3.05 bits per heavy atom. The molecule has 6 heteroatoms. The van der Waals surface area contributed by atoms with Crippen LogP contribution in [0.15, 0.2) is 35.1 Å². The Morgan fingerprint density at radius 1 is 1.48 bits per heavy atom. The topological polar surface area (TPSA) is 71.3 Å². The lowest BCUT2D eigenvalue weighted by molar-refractivity contribution is 0.0726. The lowest BCUT2D eigenvalue weighted by Crippen LogP contribution is -2.40. The maximum absolute atomic E-state index is 12.5. The van der Waals surface area contributed by atoms with E-state index >= 15 is 0 Å². The molecule has 1 fully saturated rings. The summed E-state index contributed by atoms with van der Waals surface area (Å²) in [5, 5.41) is 7.06. The van der Waals surface area contributed by atoms with E-state index in [1.807, 2.05) is 24.1 Å². The van der Waals surface area contributed by atoms with Gasteiger partial charge in [-0.2, -0.15) is 0 Å². The molecule has 0 aromatic carbocycles. The monoisotopic (exact) mass is 286 g/mol. The Bertz CT molecular complexity index is 611. The van der Waals surface area contributed by atoms with E-state index in [1.54, 1.807) is 18.5 Å². The van der Waals surface area contributed by atoms with Crippen LogP contribution in [0.1, 0.15) is 23.3 Å².